The largest absolute Gasteiger partial charge is 0.398 e. The highest BCUT2D eigenvalue weighted by molar-refractivity contribution is 9.08. The second-order valence-electron chi connectivity index (χ2n) is 8.61. The van der Waals surface area contributed by atoms with Crippen molar-refractivity contribution in [1.82, 2.24) is 0 Å². The van der Waals surface area contributed by atoms with Gasteiger partial charge in [-0.1, -0.05) is 79.0 Å². The molecule has 0 unspecified atom stereocenters. The van der Waals surface area contributed by atoms with E-state index >= 15 is 0 Å². The van der Waals surface area contributed by atoms with Crippen molar-refractivity contribution >= 4 is 33.0 Å². The average Bonchev–Trinajstić information content (AvgIpc) is 2.83. The summed E-state index contributed by atoms with van der Waals surface area (Å²) in [6, 6.07) is 16.9. The van der Waals surface area contributed by atoms with Gasteiger partial charge in [0.25, 0.3) is 11.4 Å². The Morgan fingerprint density at radius 2 is 1.08 bits per heavy atom. The van der Waals surface area contributed by atoms with Crippen LogP contribution >= 0.6 is 15.9 Å². The van der Waals surface area contributed by atoms with Gasteiger partial charge in [-0.25, -0.2) is 0 Å². The van der Waals surface area contributed by atoms with E-state index in [4.69, 9.17) is 5.73 Å². The number of nitro groups is 2. The second-order valence-corrected chi connectivity index (χ2v) is 9.18. The highest BCUT2D eigenvalue weighted by Gasteiger charge is 2.12. The van der Waals surface area contributed by atoms with E-state index in [2.05, 4.69) is 41.9 Å². The molecule has 3 rings (SSSR count). The molecule has 194 valence electrons. The van der Waals surface area contributed by atoms with Crippen LogP contribution in [0.25, 0.3) is 0 Å². The number of aryl methyl sites for hydroxylation is 5. The molecule has 7 nitrogen and oxygen atoms in total. The van der Waals surface area contributed by atoms with Crippen molar-refractivity contribution in [3.05, 3.63) is 108 Å². The molecule has 0 aliphatic carbocycles. The Balaban J connectivity index is 0.000000271. The lowest BCUT2D eigenvalue weighted by Gasteiger charge is -2.03. The van der Waals surface area contributed by atoms with Crippen LogP contribution in [0.15, 0.2) is 54.6 Å². The van der Waals surface area contributed by atoms with Crippen molar-refractivity contribution in [3.63, 3.8) is 0 Å². The molecule has 0 fully saturated rings. The summed E-state index contributed by atoms with van der Waals surface area (Å²) >= 11 is 3.20. The van der Waals surface area contributed by atoms with Gasteiger partial charge in [0.1, 0.15) is 0 Å². The maximum absolute atomic E-state index is 10.7. The molecular formula is C28H36BrN3O4. The molecule has 0 aliphatic heterocycles. The van der Waals surface area contributed by atoms with E-state index in [9.17, 15) is 20.2 Å². The first kappa shape index (κ1) is 30.8. The Bertz CT molecular complexity index is 1170. The number of nitrogen functional groups attached to an aromatic ring is 1. The minimum atomic E-state index is -0.358. The van der Waals surface area contributed by atoms with Crippen molar-refractivity contribution in [3.8, 4) is 0 Å². The fourth-order valence-electron chi connectivity index (χ4n) is 3.49. The lowest BCUT2D eigenvalue weighted by Crippen LogP contribution is -1.95. The quantitative estimate of drug-likeness (QED) is 0.136. The van der Waals surface area contributed by atoms with Gasteiger partial charge in [-0.05, 0) is 61.9 Å². The Hall–Kier alpha value is -3.26. The van der Waals surface area contributed by atoms with Crippen LogP contribution in [0.4, 0.5) is 17.1 Å². The molecule has 0 radical (unpaired) electrons. The molecule has 0 heterocycles. The summed E-state index contributed by atoms with van der Waals surface area (Å²) in [7, 11) is 0. The first-order valence-corrected chi connectivity index (χ1v) is 13.0. The number of hydrogen-bond acceptors (Lipinski definition) is 5. The van der Waals surface area contributed by atoms with Crippen LogP contribution in [-0.2, 0) is 18.2 Å². The summed E-state index contributed by atoms with van der Waals surface area (Å²) in [6.07, 6.45) is 3.96. The summed E-state index contributed by atoms with van der Waals surface area (Å²) in [5, 5.41) is 21.7. The van der Waals surface area contributed by atoms with Crippen LogP contribution in [0.5, 0.6) is 0 Å². The first-order chi connectivity index (χ1) is 17.0. The fourth-order valence-corrected chi connectivity index (χ4v) is 3.97. The SMILES string of the molecule is CCCc1ccc(C)cc1N.CCCc1ccc(C)cc1[N+](=O)[O-].Cc1ccc(CBr)c([N+](=O)[O-])c1. The van der Waals surface area contributed by atoms with Crippen molar-refractivity contribution in [2.75, 3.05) is 5.73 Å². The molecule has 2 N–H and O–H groups in total. The van der Waals surface area contributed by atoms with Gasteiger partial charge in [-0.3, -0.25) is 20.2 Å². The molecule has 0 saturated heterocycles. The number of halogens is 1. The number of alkyl halides is 1. The van der Waals surface area contributed by atoms with E-state index < -0.39 is 0 Å². The number of benzene rings is 3. The maximum Gasteiger partial charge on any atom is 0.273 e. The predicted octanol–water partition coefficient (Wildman–Crippen LogP) is 8.18. The number of hydrogen-bond donors (Lipinski definition) is 1. The zero-order valence-corrected chi connectivity index (χ0v) is 23.3. The Morgan fingerprint density at radius 1 is 0.694 bits per heavy atom. The number of nitrogens with zero attached hydrogens (tertiary/aromatic N) is 2. The lowest BCUT2D eigenvalue weighted by molar-refractivity contribution is -0.385. The Morgan fingerprint density at radius 3 is 1.50 bits per heavy atom. The van der Waals surface area contributed by atoms with Crippen LogP contribution < -0.4 is 5.73 Å². The van der Waals surface area contributed by atoms with E-state index in [0.717, 1.165) is 48.1 Å². The Kier molecular flexibility index (Phi) is 13.4. The number of anilines is 1. The molecular weight excluding hydrogens is 522 g/mol. The average molecular weight is 559 g/mol. The summed E-state index contributed by atoms with van der Waals surface area (Å²) in [6.45, 7) is 9.95. The summed E-state index contributed by atoms with van der Waals surface area (Å²) < 4.78 is 0. The molecule has 3 aromatic rings. The molecule has 0 spiro atoms. The molecule has 0 amide bonds. The highest BCUT2D eigenvalue weighted by Crippen LogP contribution is 2.22. The minimum Gasteiger partial charge on any atom is -0.398 e. The van der Waals surface area contributed by atoms with Crippen molar-refractivity contribution in [1.29, 1.82) is 0 Å². The van der Waals surface area contributed by atoms with E-state index in [-0.39, 0.29) is 21.2 Å². The molecule has 36 heavy (non-hydrogen) atoms. The van der Waals surface area contributed by atoms with E-state index in [0.29, 0.717) is 10.9 Å². The van der Waals surface area contributed by atoms with Gasteiger partial charge in [0.15, 0.2) is 0 Å². The topological polar surface area (TPSA) is 112 Å². The molecule has 8 heteroatoms. The summed E-state index contributed by atoms with van der Waals surface area (Å²) in [5.41, 5.74) is 13.1. The normalized spacial score (nSPS) is 9.94. The molecule has 0 aliphatic rings. The standard InChI is InChI=1S/C10H13NO2.C10H15N.C8H8BrNO2/c1-3-4-9-6-5-8(2)7-10(9)11(12)13;1-3-4-9-6-5-8(2)7-10(9)11;1-6-2-3-7(5-9)8(4-6)10(11)12/h5-7H,3-4H2,1-2H3;5-7H,3-4,11H2,1-2H3;2-4H,5H2,1H3. The number of rotatable bonds is 7. The third-order valence-electron chi connectivity index (χ3n) is 5.36. The van der Waals surface area contributed by atoms with Crippen LogP contribution in [0.3, 0.4) is 0 Å². The second kappa shape index (κ2) is 15.7. The third-order valence-corrected chi connectivity index (χ3v) is 5.96. The van der Waals surface area contributed by atoms with E-state index in [1.165, 1.54) is 11.1 Å². The summed E-state index contributed by atoms with van der Waals surface area (Å²) in [5.74, 6) is 0. The van der Waals surface area contributed by atoms with Gasteiger partial charge < -0.3 is 5.73 Å². The van der Waals surface area contributed by atoms with Crippen LogP contribution in [0.1, 0.15) is 60.1 Å². The van der Waals surface area contributed by atoms with Gasteiger partial charge in [-0.2, -0.15) is 0 Å². The zero-order valence-electron chi connectivity index (χ0n) is 21.7. The Labute approximate surface area is 222 Å². The van der Waals surface area contributed by atoms with Gasteiger partial charge in [-0.15, -0.1) is 0 Å². The fraction of sp³-hybridized carbons (Fsp3) is 0.357. The van der Waals surface area contributed by atoms with E-state index in [1.807, 2.05) is 45.0 Å². The maximum atomic E-state index is 10.7. The zero-order chi connectivity index (χ0) is 27.3. The third kappa shape index (κ3) is 10.2. The number of nitro benzene ring substituents is 2. The highest BCUT2D eigenvalue weighted by atomic mass is 79.9. The van der Waals surface area contributed by atoms with Crippen LogP contribution in [0.2, 0.25) is 0 Å². The number of nitrogens with two attached hydrogens (primary N) is 1. The molecule has 0 saturated carbocycles. The van der Waals surface area contributed by atoms with Crippen LogP contribution in [-0.4, -0.2) is 9.85 Å². The van der Waals surface area contributed by atoms with Gasteiger partial charge in [0.2, 0.25) is 0 Å². The van der Waals surface area contributed by atoms with Crippen molar-refractivity contribution in [2.45, 2.75) is 65.6 Å². The summed E-state index contributed by atoms with van der Waals surface area (Å²) in [4.78, 5) is 20.5. The molecule has 3 aromatic carbocycles. The molecule has 0 aromatic heterocycles. The van der Waals surface area contributed by atoms with Crippen molar-refractivity contribution < 1.29 is 9.85 Å². The van der Waals surface area contributed by atoms with E-state index in [1.54, 1.807) is 18.2 Å². The van der Waals surface area contributed by atoms with Crippen LogP contribution in [0, 0.1) is 41.0 Å². The smallest absolute Gasteiger partial charge is 0.273 e. The van der Waals surface area contributed by atoms with Gasteiger partial charge >= 0.3 is 0 Å². The monoisotopic (exact) mass is 557 g/mol. The predicted molar refractivity (Wildman–Crippen MR) is 152 cm³/mol. The first-order valence-electron chi connectivity index (χ1n) is 11.9. The van der Waals surface area contributed by atoms with Crippen molar-refractivity contribution in [2.24, 2.45) is 0 Å². The lowest BCUT2D eigenvalue weighted by atomic mass is 10.1. The van der Waals surface area contributed by atoms with Gasteiger partial charge in [0, 0.05) is 34.3 Å². The van der Waals surface area contributed by atoms with Gasteiger partial charge in [0.05, 0.1) is 9.85 Å². The molecule has 0 atom stereocenters. The molecule has 0 bridgehead atoms. The minimum absolute atomic E-state index is 0.187.